The fraction of sp³-hybridized carbons (Fsp3) is 0.273. The average Bonchev–Trinajstić information content (AvgIpc) is 2.19. The molecule has 0 saturated heterocycles. The molecular weight excluding hydrogens is 276 g/mol. The largest absolute Gasteiger partial charge is 0.423 e. The standard InChI is InChI=1S/C11H11BrO4/c1-7(13)15-10-4-3-9(6-12)5-11(10)16-8(2)14/h3-5H,6H2,1-2H3. The number of alkyl halides is 1. The van der Waals surface area contributed by atoms with Crippen LogP contribution < -0.4 is 9.47 Å². The van der Waals surface area contributed by atoms with Crippen LogP contribution in [0.3, 0.4) is 0 Å². The second-order valence-corrected chi connectivity index (χ2v) is 3.66. The molecule has 0 aliphatic heterocycles. The third-order valence-electron chi connectivity index (χ3n) is 1.67. The van der Waals surface area contributed by atoms with Crippen molar-refractivity contribution < 1.29 is 19.1 Å². The Morgan fingerprint density at radius 2 is 1.69 bits per heavy atom. The van der Waals surface area contributed by atoms with Crippen molar-refractivity contribution in [3.8, 4) is 11.5 Å². The average molecular weight is 287 g/mol. The molecule has 0 fully saturated rings. The third-order valence-corrected chi connectivity index (χ3v) is 2.32. The minimum Gasteiger partial charge on any atom is -0.423 e. The van der Waals surface area contributed by atoms with E-state index in [2.05, 4.69) is 15.9 Å². The monoisotopic (exact) mass is 286 g/mol. The van der Waals surface area contributed by atoms with Crippen molar-refractivity contribution in [3.05, 3.63) is 23.8 Å². The van der Waals surface area contributed by atoms with E-state index in [9.17, 15) is 9.59 Å². The first-order chi connectivity index (χ1) is 7.52. The van der Waals surface area contributed by atoms with Crippen molar-refractivity contribution in [1.82, 2.24) is 0 Å². The highest BCUT2D eigenvalue weighted by Crippen LogP contribution is 2.29. The molecule has 0 atom stereocenters. The number of hydrogen-bond acceptors (Lipinski definition) is 4. The minimum atomic E-state index is -0.458. The van der Waals surface area contributed by atoms with Crippen LogP contribution in [-0.4, -0.2) is 11.9 Å². The normalized spacial score (nSPS) is 9.69. The molecule has 1 aromatic carbocycles. The number of carbonyl (C=O) groups excluding carboxylic acids is 2. The molecule has 0 N–H and O–H groups in total. The predicted octanol–water partition coefficient (Wildman–Crippen LogP) is 2.43. The van der Waals surface area contributed by atoms with E-state index in [1.807, 2.05) is 0 Å². The lowest BCUT2D eigenvalue weighted by molar-refractivity contribution is -0.134. The van der Waals surface area contributed by atoms with Crippen molar-refractivity contribution in [2.75, 3.05) is 0 Å². The molecule has 0 aliphatic rings. The first-order valence-corrected chi connectivity index (χ1v) is 5.71. The molecule has 0 aliphatic carbocycles. The van der Waals surface area contributed by atoms with Gasteiger partial charge in [-0.15, -0.1) is 0 Å². The summed E-state index contributed by atoms with van der Waals surface area (Å²) in [5, 5.41) is 0.627. The number of hydrogen-bond donors (Lipinski definition) is 0. The molecular formula is C11H11BrO4. The van der Waals surface area contributed by atoms with Gasteiger partial charge in [-0.2, -0.15) is 0 Å². The van der Waals surface area contributed by atoms with Gasteiger partial charge in [-0.05, 0) is 17.7 Å². The van der Waals surface area contributed by atoms with Gasteiger partial charge in [-0.1, -0.05) is 22.0 Å². The Morgan fingerprint density at radius 1 is 1.12 bits per heavy atom. The quantitative estimate of drug-likeness (QED) is 0.487. The van der Waals surface area contributed by atoms with Gasteiger partial charge in [0.15, 0.2) is 11.5 Å². The van der Waals surface area contributed by atoms with Crippen LogP contribution >= 0.6 is 15.9 Å². The van der Waals surface area contributed by atoms with E-state index in [-0.39, 0.29) is 11.5 Å². The predicted molar refractivity (Wildman–Crippen MR) is 61.7 cm³/mol. The molecule has 0 aromatic heterocycles. The number of carbonyl (C=O) groups is 2. The van der Waals surface area contributed by atoms with Crippen LogP contribution in [0.5, 0.6) is 11.5 Å². The highest BCUT2D eigenvalue weighted by Gasteiger charge is 2.10. The summed E-state index contributed by atoms with van der Waals surface area (Å²) in [5.74, 6) is -0.424. The SMILES string of the molecule is CC(=O)Oc1ccc(CBr)cc1OC(C)=O. The van der Waals surface area contributed by atoms with E-state index in [1.54, 1.807) is 18.2 Å². The molecule has 0 amide bonds. The summed E-state index contributed by atoms with van der Waals surface area (Å²) in [7, 11) is 0. The first-order valence-electron chi connectivity index (χ1n) is 4.58. The van der Waals surface area contributed by atoms with Gasteiger partial charge in [0.2, 0.25) is 0 Å². The number of rotatable bonds is 3. The summed E-state index contributed by atoms with van der Waals surface area (Å²) in [5.41, 5.74) is 0.923. The Labute approximate surface area is 102 Å². The summed E-state index contributed by atoms with van der Waals surface area (Å²) >= 11 is 3.29. The van der Waals surface area contributed by atoms with Crippen molar-refractivity contribution in [3.63, 3.8) is 0 Å². The molecule has 0 radical (unpaired) electrons. The highest BCUT2D eigenvalue weighted by atomic mass is 79.9. The van der Waals surface area contributed by atoms with Crippen molar-refractivity contribution in [1.29, 1.82) is 0 Å². The summed E-state index contributed by atoms with van der Waals surface area (Å²) in [6.07, 6.45) is 0. The zero-order valence-corrected chi connectivity index (χ0v) is 10.5. The zero-order valence-electron chi connectivity index (χ0n) is 8.95. The lowest BCUT2D eigenvalue weighted by atomic mass is 10.2. The number of halogens is 1. The first kappa shape index (κ1) is 12.7. The van der Waals surface area contributed by atoms with Crippen LogP contribution in [0.2, 0.25) is 0 Å². The zero-order chi connectivity index (χ0) is 12.1. The fourth-order valence-electron chi connectivity index (χ4n) is 1.11. The number of benzene rings is 1. The fourth-order valence-corrected chi connectivity index (χ4v) is 1.46. The van der Waals surface area contributed by atoms with E-state index in [1.165, 1.54) is 13.8 Å². The molecule has 4 nitrogen and oxygen atoms in total. The van der Waals surface area contributed by atoms with Gasteiger partial charge < -0.3 is 9.47 Å². The maximum atomic E-state index is 10.9. The summed E-state index contributed by atoms with van der Waals surface area (Å²) < 4.78 is 9.87. The maximum Gasteiger partial charge on any atom is 0.308 e. The molecule has 0 bridgehead atoms. The minimum absolute atomic E-state index is 0.243. The van der Waals surface area contributed by atoms with Crippen molar-refractivity contribution in [2.24, 2.45) is 0 Å². The Morgan fingerprint density at radius 3 is 2.19 bits per heavy atom. The lowest BCUT2D eigenvalue weighted by Crippen LogP contribution is -2.07. The number of ether oxygens (including phenoxy) is 2. The van der Waals surface area contributed by atoms with Crippen LogP contribution in [0.15, 0.2) is 18.2 Å². The molecule has 1 rings (SSSR count). The molecule has 5 heteroatoms. The number of esters is 2. The van der Waals surface area contributed by atoms with Crippen LogP contribution in [0.25, 0.3) is 0 Å². The Hall–Kier alpha value is -1.36. The van der Waals surface area contributed by atoms with Gasteiger partial charge in [0.1, 0.15) is 0 Å². The maximum absolute atomic E-state index is 10.9. The van der Waals surface area contributed by atoms with Crippen LogP contribution in [0.4, 0.5) is 0 Å². The second-order valence-electron chi connectivity index (χ2n) is 3.10. The molecule has 0 unspecified atom stereocenters. The van der Waals surface area contributed by atoms with Gasteiger partial charge in [0.25, 0.3) is 0 Å². The molecule has 0 spiro atoms. The molecule has 0 heterocycles. The highest BCUT2D eigenvalue weighted by molar-refractivity contribution is 9.08. The Bertz CT molecular complexity index is 414. The topological polar surface area (TPSA) is 52.6 Å². The summed E-state index contributed by atoms with van der Waals surface area (Å²) in [6, 6.07) is 5.02. The second kappa shape index (κ2) is 5.65. The molecule has 86 valence electrons. The molecule has 16 heavy (non-hydrogen) atoms. The molecule has 1 aromatic rings. The van der Waals surface area contributed by atoms with Gasteiger partial charge in [-0.3, -0.25) is 9.59 Å². The van der Waals surface area contributed by atoms with Crippen LogP contribution in [0, 0.1) is 0 Å². The third kappa shape index (κ3) is 3.66. The van der Waals surface area contributed by atoms with E-state index in [0.717, 1.165) is 5.56 Å². The van der Waals surface area contributed by atoms with E-state index in [4.69, 9.17) is 9.47 Å². The van der Waals surface area contributed by atoms with Gasteiger partial charge in [0.05, 0.1) is 0 Å². The summed E-state index contributed by atoms with van der Waals surface area (Å²) in [6.45, 7) is 2.58. The smallest absolute Gasteiger partial charge is 0.308 e. The van der Waals surface area contributed by atoms with Gasteiger partial charge >= 0.3 is 11.9 Å². The van der Waals surface area contributed by atoms with E-state index >= 15 is 0 Å². The Balaban J connectivity index is 3.05. The Kier molecular flexibility index (Phi) is 4.49. The molecule has 0 saturated carbocycles. The van der Waals surface area contributed by atoms with E-state index in [0.29, 0.717) is 5.33 Å². The van der Waals surface area contributed by atoms with Crippen molar-refractivity contribution in [2.45, 2.75) is 19.2 Å². The van der Waals surface area contributed by atoms with Crippen LogP contribution in [-0.2, 0) is 14.9 Å². The van der Waals surface area contributed by atoms with Crippen molar-refractivity contribution >= 4 is 27.9 Å². The van der Waals surface area contributed by atoms with E-state index < -0.39 is 11.9 Å². The van der Waals surface area contributed by atoms with Gasteiger partial charge in [0, 0.05) is 19.2 Å². The van der Waals surface area contributed by atoms with Crippen LogP contribution in [0.1, 0.15) is 19.4 Å². The lowest BCUT2D eigenvalue weighted by Gasteiger charge is -2.09. The van der Waals surface area contributed by atoms with Gasteiger partial charge in [-0.25, -0.2) is 0 Å². The summed E-state index contributed by atoms with van der Waals surface area (Å²) in [4.78, 5) is 21.7.